The number of piperidine rings is 1. The van der Waals surface area contributed by atoms with Crippen LogP contribution in [0, 0.1) is 5.92 Å². The van der Waals surface area contributed by atoms with Crippen molar-refractivity contribution >= 4 is 5.97 Å². The van der Waals surface area contributed by atoms with Crippen LogP contribution in [0.15, 0.2) is 12.1 Å². The van der Waals surface area contributed by atoms with Gasteiger partial charge in [0.15, 0.2) is 0 Å². The lowest BCUT2D eigenvalue weighted by Crippen LogP contribution is -2.58. The molecule has 0 bridgehead atoms. The van der Waals surface area contributed by atoms with Gasteiger partial charge in [-0.15, -0.1) is 0 Å². The van der Waals surface area contributed by atoms with Gasteiger partial charge in [-0.2, -0.15) is 0 Å². The molecular formula is C26H43NO3. The molecule has 1 saturated heterocycles. The summed E-state index contributed by atoms with van der Waals surface area (Å²) in [5.41, 5.74) is 2.25. The normalized spacial score (nSPS) is 20.7. The van der Waals surface area contributed by atoms with Crippen molar-refractivity contribution in [1.29, 1.82) is 0 Å². The molecule has 1 aromatic carbocycles. The average Bonchev–Trinajstić information content (AvgIpc) is 2.47. The maximum Gasteiger partial charge on any atom is 0.303 e. The van der Waals surface area contributed by atoms with Crippen LogP contribution in [0.2, 0.25) is 0 Å². The number of phenols is 1. The molecule has 0 aromatic heterocycles. The van der Waals surface area contributed by atoms with Crippen LogP contribution in [0.1, 0.15) is 111 Å². The molecule has 0 spiro atoms. The summed E-state index contributed by atoms with van der Waals surface area (Å²) in [7, 11) is 0. The Morgan fingerprint density at radius 1 is 1.00 bits per heavy atom. The molecule has 1 unspecified atom stereocenters. The Balaban J connectivity index is 2.69. The number of aliphatic carboxylic acids is 1. The molecule has 0 radical (unpaired) electrons. The Kier molecular flexibility index (Phi) is 6.47. The number of aromatic hydroxyl groups is 1. The average molecular weight is 418 g/mol. The summed E-state index contributed by atoms with van der Waals surface area (Å²) < 4.78 is 0. The lowest BCUT2D eigenvalue weighted by molar-refractivity contribution is -0.138. The smallest absolute Gasteiger partial charge is 0.303 e. The highest BCUT2D eigenvalue weighted by Crippen LogP contribution is 2.46. The van der Waals surface area contributed by atoms with Crippen molar-refractivity contribution in [2.24, 2.45) is 5.92 Å². The van der Waals surface area contributed by atoms with Crippen molar-refractivity contribution in [2.75, 3.05) is 0 Å². The van der Waals surface area contributed by atoms with Crippen LogP contribution in [-0.2, 0) is 15.6 Å². The van der Waals surface area contributed by atoms with E-state index < -0.39 is 5.97 Å². The van der Waals surface area contributed by atoms with Gasteiger partial charge in [-0.05, 0) is 79.9 Å². The number of phenolic OH excluding ortho intramolecular Hbond substituents is 1. The molecule has 4 nitrogen and oxygen atoms in total. The first kappa shape index (κ1) is 24.7. The summed E-state index contributed by atoms with van der Waals surface area (Å²) in [6, 6.07) is 4.14. The maximum atomic E-state index is 11.9. The molecule has 1 aromatic rings. The zero-order valence-corrected chi connectivity index (χ0v) is 20.7. The number of hydrogen-bond acceptors (Lipinski definition) is 3. The topological polar surface area (TPSA) is 69.6 Å². The zero-order chi connectivity index (χ0) is 23.3. The van der Waals surface area contributed by atoms with Crippen molar-refractivity contribution in [2.45, 2.75) is 116 Å². The summed E-state index contributed by atoms with van der Waals surface area (Å²) in [6.45, 7) is 21.4. The molecule has 1 fully saturated rings. The molecule has 170 valence electrons. The molecular weight excluding hydrogens is 374 g/mol. The lowest BCUT2D eigenvalue weighted by Gasteiger charge is -2.49. The van der Waals surface area contributed by atoms with Gasteiger partial charge < -0.3 is 15.5 Å². The van der Waals surface area contributed by atoms with E-state index >= 15 is 0 Å². The summed E-state index contributed by atoms with van der Waals surface area (Å²) in [6.07, 6.45) is 1.95. The van der Waals surface area contributed by atoms with Crippen LogP contribution < -0.4 is 5.32 Å². The second-order valence-corrected chi connectivity index (χ2v) is 12.7. The Morgan fingerprint density at radius 2 is 1.40 bits per heavy atom. The summed E-state index contributed by atoms with van der Waals surface area (Å²) in [4.78, 5) is 11.9. The van der Waals surface area contributed by atoms with Crippen LogP contribution in [0.5, 0.6) is 5.75 Å². The first-order valence-electron chi connectivity index (χ1n) is 11.2. The molecule has 1 atom stereocenters. The van der Waals surface area contributed by atoms with E-state index in [-0.39, 0.29) is 40.2 Å². The van der Waals surface area contributed by atoms with Gasteiger partial charge in [0, 0.05) is 11.1 Å². The molecule has 3 N–H and O–H groups in total. The monoisotopic (exact) mass is 417 g/mol. The molecule has 1 aliphatic rings. The zero-order valence-electron chi connectivity index (χ0n) is 20.7. The van der Waals surface area contributed by atoms with Crippen LogP contribution >= 0.6 is 0 Å². The van der Waals surface area contributed by atoms with E-state index in [0.29, 0.717) is 5.75 Å². The van der Waals surface area contributed by atoms with E-state index in [1.165, 1.54) is 0 Å². The number of rotatable bonds is 4. The van der Waals surface area contributed by atoms with E-state index in [9.17, 15) is 15.0 Å². The van der Waals surface area contributed by atoms with E-state index in [1.807, 2.05) is 0 Å². The van der Waals surface area contributed by atoms with Crippen LogP contribution in [0.4, 0.5) is 0 Å². The van der Waals surface area contributed by atoms with Crippen LogP contribution in [0.3, 0.4) is 0 Å². The van der Waals surface area contributed by atoms with Gasteiger partial charge in [-0.25, -0.2) is 0 Å². The van der Waals surface area contributed by atoms with Gasteiger partial charge in [-0.3, -0.25) is 4.79 Å². The fourth-order valence-electron chi connectivity index (χ4n) is 5.44. The first-order chi connectivity index (χ1) is 13.3. The quantitative estimate of drug-likeness (QED) is 0.553. The number of carboxylic acid groups (broad SMARTS) is 1. The fourth-order valence-corrected chi connectivity index (χ4v) is 5.44. The van der Waals surface area contributed by atoms with E-state index in [2.05, 4.69) is 86.7 Å². The molecule has 4 heteroatoms. The SMILES string of the molecule is CC1(C)CC(C(CC(=O)O)c2cc(C(C)(C)C)c(O)c(C(C)(C)C)c2)CC(C)(C)N1. The second-order valence-electron chi connectivity index (χ2n) is 12.7. The number of nitrogens with one attached hydrogen (secondary N) is 1. The van der Waals surface area contributed by atoms with E-state index in [4.69, 9.17) is 0 Å². The van der Waals surface area contributed by atoms with Gasteiger partial charge in [0.25, 0.3) is 0 Å². The molecule has 0 saturated carbocycles. The van der Waals surface area contributed by atoms with Gasteiger partial charge in [0.1, 0.15) is 5.75 Å². The lowest BCUT2D eigenvalue weighted by atomic mass is 9.67. The number of benzene rings is 1. The predicted octanol–water partition coefficient (Wildman–Crippen LogP) is 6.10. The molecule has 0 aliphatic carbocycles. The summed E-state index contributed by atoms with van der Waals surface area (Å²) >= 11 is 0. The Morgan fingerprint density at radius 3 is 1.73 bits per heavy atom. The highest BCUT2D eigenvalue weighted by Gasteiger charge is 2.42. The predicted molar refractivity (Wildman–Crippen MR) is 125 cm³/mol. The Hall–Kier alpha value is -1.55. The van der Waals surface area contributed by atoms with E-state index in [1.54, 1.807) is 0 Å². The number of carboxylic acids is 1. The molecule has 0 amide bonds. The maximum absolute atomic E-state index is 11.9. The largest absolute Gasteiger partial charge is 0.507 e. The van der Waals surface area contributed by atoms with Gasteiger partial charge in [-0.1, -0.05) is 53.7 Å². The number of carbonyl (C=O) groups is 1. The minimum atomic E-state index is -0.767. The highest BCUT2D eigenvalue weighted by atomic mass is 16.4. The Labute approximate surface area is 183 Å². The van der Waals surface area contributed by atoms with Crippen LogP contribution in [0.25, 0.3) is 0 Å². The third-order valence-corrected chi connectivity index (χ3v) is 6.36. The van der Waals surface area contributed by atoms with Crippen molar-refractivity contribution in [3.63, 3.8) is 0 Å². The third-order valence-electron chi connectivity index (χ3n) is 6.36. The highest BCUT2D eigenvalue weighted by molar-refractivity contribution is 5.68. The van der Waals surface area contributed by atoms with Crippen molar-refractivity contribution < 1.29 is 15.0 Å². The summed E-state index contributed by atoms with van der Waals surface area (Å²) in [5.74, 6) is -0.265. The van der Waals surface area contributed by atoms with Gasteiger partial charge >= 0.3 is 5.97 Å². The van der Waals surface area contributed by atoms with Crippen molar-refractivity contribution in [3.05, 3.63) is 28.8 Å². The molecule has 30 heavy (non-hydrogen) atoms. The van der Waals surface area contributed by atoms with E-state index in [0.717, 1.165) is 29.5 Å². The summed E-state index contributed by atoms with van der Waals surface area (Å²) in [5, 5.41) is 24.6. The second kappa shape index (κ2) is 7.85. The Bertz CT molecular complexity index is 742. The minimum Gasteiger partial charge on any atom is -0.507 e. The molecule has 2 rings (SSSR count). The van der Waals surface area contributed by atoms with Crippen LogP contribution in [-0.4, -0.2) is 27.3 Å². The van der Waals surface area contributed by atoms with Gasteiger partial charge in [0.05, 0.1) is 6.42 Å². The van der Waals surface area contributed by atoms with Crippen molar-refractivity contribution in [3.8, 4) is 5.75 Å². The molecule has 1 aliphatic heterocycles. The van der Waals surface area contributed by atoms with Crippen molar-refractivity contribution in [1.82, 2.24) is 5.32 Å². The van der Waals surface area contributed by atoms with Gasteiger partial charge in [0.2, 0.25) is 0 Å². The number of hydrogen-bond donors (Lipinski definition) is 3. The minimum absolute atomic E-state index is 0.0558. The standard InChI is InChI=1S/C26H43NO3/c1-23(2,3)19-11-16(12-20(22(19)30)24(4,5)6)18(13-21(28)29)17-14-25(7,8)27-26(9,10)15-17/h11-12,17-18,27,30H,13-15H2,1-10H3,(H,28,29). The molecule has 1 heterocycles. The fraction of sp³-hybridized carbons (Fsp3) is 0.731. The third kappa shape index (κ3) is 5.78. The first-order valence-corrected chi connectivity index (χ1v) is 11.2.